The number of methoxy groups -OCH3 is 1. The summed E-state index contributed by atoms with van der Waals surface area (Å²) in [5, 5.41) is 0.777. The number of benzene rings is 3. The molecule has 0 radical (unpaired) electrons. The lowest BCUT2D eigenvalue weighted by atomic mass is 9.96. The van der Waals surface area contributed by atoms with Gasteiger partial charge in [-0.2, -0.15) is 0 Å². The van der Waals surface area contributed by atoms with Gasteiger partial charge in [0.1, 0.15) is 5.75 Å². The van der Waals surface area contributed by atoms with Crippen molar-refractivity contribution < 1.29 is 9.47 Å². The van der Waals surface area contributed by atoms with Crippen LogP contribution in [0.3, 0.4) is 0 Å². The largest absolute Gasteiger partial charge is 0.497 e. The van der Waals surface area contributed by atoms with Crippen LogP contribution in [0.15, 0.2) is 78.9 Å². The lowest BCUT2D eigenvalue weighted by Gasteiger charge is -2.39. The standard InChI is InChI=1S/C27H31ClN2O2.ClH/c1-31-26-9-5-6-22(20-26)21-32-19-18-29-14-16-30(17-15-29)27(23-7-3-2-4-8-23)24-10-12-25(28)13-11-24;/h2-13,20,27H,14-19,21H2,1H3;1H. The average Bonchev–Trinajstić information content (AvgIpc) is 2.85. The van der Waals surface area contributed by atoms with Crippen LogP contribution in [-0.2, 0) is 11.3 Å². The highest BCUT2D eigenvalue weighted by molar-refractivity contribution is 6.30. The van der Waals surface area contributed by atoms with Crippen LogP contribution in [0, 0.1) is 0 Å². The summed E-state index contributed by atoms with van der Waals surface area (Å²) in [6, 6.07) is 27.3. The fourth-order valence-corrected chi connectivity index (χ4v) is 4.41. The molecule has 1 atom stereocenters. The summed E-state index contributed by atoms with van der Waals surface area (Å²) in [4.78, 5) is 5.07. The van der Waals surface area contributed by atoms with Crippen LogP contribution in [0.1, 0.15) is 22.7 Å². The second kappa shape index (κ2) is 13.0. The minimum atomic E-state index is 0. The number of ether oxygens (including phenoxy) is 2. The highest BCUT2D eigenvalue weighted by Crippen LogP contribution is 2.30. The number of hydrogen-bond donors (Lipinski definition) is 0. The number of nitrogens with zero attached hydrogens (tertiary/aromatic N) is 2. The Hall–Kier alpha value is -2.08. The van der Waals surface area contributed by atoms with E-state index in [1.165, 1.54) is 11.1 Å². The summed E-state index contributed by atoms with van der Waals surface area (Å²) < 4.78 is 11.2. The summed E-state index contributed by atoms with van der Waals surface area (Å²) in [5.41, 5.74) is 3.75. The van der Waals surface area contributed by atoms with E-state index in [4.69, 9.17) is 21.1 Å². The normalized spacial score (nSPS) is 15.6. The summed E-state index contributed by atoms with van der Waals surface area (Å²) in [6.07, 6.45) is 0. The highest BCUT2D eigenvalue weighted by Gasteiger charge is 2.26. The average molecular weight is 487 g/mol. The van der Waals surface area contributed by atoms with E-state index in [2.05, 4.69) is 58.3 Å². The molecule has 0 amide bonds. The minimum Gasteiger partial charge on any atom is -0.497 e. The van der Waals surface area contributed by atoms with E-state index in [0.29, 0.717) is 6.61 Å². The molecule has 3 aromatic carbocycles. The molecule has 1 aliphatic rings. The Labute approximate surface area is 208 Å². The van der Waals surface area contributed by atoms with Crippen molar-refractivity contribution in [3.8, 4) is 5.75 Å². The van der Waals surface area contributed by atoms with Crippen molar-refractivity contribution in [2.75, 3.05) is 46.4 Å². The van der Waals surface area contributed by atoms with E-state index in [9.17, 15) is 0 Å². The van der Waals surface area contributed by atoms with Gasteiger partial charge in [-0.25, -0.2) is 0 Å². The van der Waals surface area contributed by atoms with Gasteiger partial charge in [-0.15, -0.1) is 12.4 Å². The Bertz CT molecular complexity index is 961. The lowest BCUT2D eigenvalue weighted by Crippen LogP contribution is -2.48. The van der Waals surface area contributed by atoms with E-state index < -0.39 is 0 Å². The van der Waals surface area contributed by atoms with Crippen molar-refractivity contribution in [1.29, 1.82) is 0 Å². The number of halogens is 2. The van der Waals surface area contributed by atoms with Crippen LogP contribution in [0.4, 0.5) is 0 Å². The highest BCUT2D eigenvalue weighted by atomic mass is 35.5. The molecule has 3 aromatic rings. The SMILES string of the molecule is COc1cccc(COCCN2CCN(C(c3ccccc3)c3ccc(Cl)cc3)CC2)c1.Cl. The summed E-state index contributed by atoms with van der Waals surface area (Å²) in [7, 11) is 1.69. The van der Waals surface area contributed by atoms with Crippen molar-refractivity contribution in [2.45, 2.75) is 12.6 Å². The van der Waals surface area contributed by atoms with E-state index in [-0.39, 0.29) is 18.4 Å². The van der Waals surface area contributed by atoms with Crippen LogP contribution >= 0.6 is 24.0 Å². The van der Waals surface area contributed by atoms with Gasteiger partial charge in [0.25, 0.3) is 0 Å². The molecule has 0 aliphatic carbocycles. The lowest BCUT2D eigenvalue weighted by molar-refractivity contribution is 0.0608. The zero-order valence-corrected chi connectivity index (χ0v) is 20.6. The molecule has 4 nitrogen and oxygen atoms in total. The zero-order valence-electron chi connectivity index (χ0n) is 19.0. The summed E-state index contributed by atoms with van der Waals surface area (Å²) >= 11 is 6.14. The second-order valence-corrected chi connectivity index (χ2v) is 8.58. The number of piperazine rings is 1. The van der Waals surface area contributed by atoms with Crippen LogP contribution in [0.2, 0.25) is 5.02 Å². The maximum Gasteiger partial charge on any atom is 0.119 e. The van der Waals surface area contributed by atoms with Crippen molar-refractivity contribution in [1.82, 2.24) is 9.80 Å². The summed E-state index contributed by atoms with van der Waals surface area (Å²) in [5.74, 6) is 0.871. The predicted molar refractivity (Wildman–Crippen MR) is 138 cm³/mol. The number of hydrogen-bond acceptors (Lipinski definition) is 4. The molecular weight excluding hydrogens is 455 g/mol. The van der Waals surface area contributed by atoms with E-state index >= 15 is 0 Å². The van der Waals surface area contributed by atoms with Crippen LogP contribution in [0.25, 0.3) is 0 Å². The molecule has 0 bridgehead atoms. The molecular formula is C27H32Cl2N2O2. The number of rotatable bonds is 9. The molecule has 6 heteroatoms. The van der Waals surface area contributed by atoms with Gasteiger partial charge in [0.2, 0.25) is 0 Å². The van der Waals surface area contributed by atoms with Gasteiger partial charge in [0.05, 0.1) is 26.4 Å². The topological polar surface area (TPSA) is 24.9 Å². The molecule has 176 valence electrons. The molecule has 0 N–H and O–H groups in total. The molecule has 1 unspecified atom stereocenters. The van der Waals surface area contributed by atoms with Crippen LogP contribution < -0.4 is 4.74 Å². The fourth-order valence-electron chi connectivity index (χ4n) is 4.29. The van der Waals surface area contributed by atoms with Gasteiger partial charge in [-0.3, -0.25) is 9.80 Å². The van der Waals surface area contributed by atoms with Crippen molar-refractivity contribution in [3.05, 3.63) is 101 Å². The Kier molecular flexibility index (Phi) is 10.0. The van der Waals surface area contributed by atoms with Gasteiger partial charge in [-0.1, -0.05) is 66.2 Å². The van der Waals surface area contributed by atoms with Crippen LogP contribution in [-0.4, -0.2) is 56.2 Å². The third-order valence-corrected chi connectivity index (χ3v) is 6.28. The van der Waals surface area contributed by atoms with E-state index in [1.54, 1.807) is 7.11 Å². The molecule has 1 fully saturated rings. The van der Waals surface area contributed by atoms with Gasteiger partial charge in [0.15, 0.2) is 0 Å². The van der Waals surface area contributed by atoms with Gasteiger partial charge in [-0.05, 0) is 41.0 Å². The molecule has 4 rings (SSSR count). The molecule has 1 aliphatic heterocycles. The summed E-state index contributed by atoms with van der Waals surface area (Å²) in [6.45, 7) is 6.43. The third-order valence-electron chi connectivity index (χ3n) is 6.03. The zero-order chi connectivity index (χ0) is 22.2. The van der Waals surface area contributed by atoms with Crippen molar-refractivity contribution in [2.24, 2.45) is 0 Å². The second-order valence-electron chi connectivity index (χ2n) is 8.15. The smallest absolute Gasteiger partial charge is 0.119 e. The third kappa shape index (κ3) is 7.20. The molecule has 33 heavy (non-hydrogen) atoms. The van der Waals surface area contributed by atoms with E-state index in [0.717, 1.165) is 55.7 Å². The molecule has 1 saturated heterocycles. The first-order valence-electron chi connectivity index (χ1n) is 11.2. The monoisotopic (exact) mass is 486 g/mol. The fraction of sp³-hybridized carbons (Fsp3) is 0.333. The first-order chi connectivity index (χ1) is 15.7. The molecule has 0 spiro atoms. The molecule has 1 heterocycles. The minimum absolute atomic E-state index is 0. The Morgan fingerprint density at radius 3 is 2.24 bits per heavy atom. The first kappa shape index (κ1) is 25.5. The maximum atomic E-state index is 6.14. The Morgan fingerprint density at radius 1 is 0.848 bits per heavy atom. The molecule has 0 aromatic heterocycles. The molecule has 0 saturated carbocycles. The quantitative estimate of drug-likeness (QED) is 0.362. The van der Waals surface area contributed by atoms with Gasteiger partial charge >= 0.3 is 0 Å². The predicted octanol–water partition coefficient (Wildman–Crippen LogP) is 5.69. The van der Waals surface area contributed by atoms with Gasteiger partial charge < -0.3 is 9.47 Å². The van der Waals surface area contributed by atoms with Crippen LogP contribution in [0.5, 0.6) is 5.75 Å². The first-order valence-corrected chi connectivity index (χ1v) is 11.6. The Morgan fingerprint density at radius 2 is 1.55 bits per heavy atom. The maximum absolute atomic E-state index is 6.14. The van der Waals surface area contributed by atoms with E-state index in [1.807, 2.05) is 30.3 Å². The van der Waals surface area contributed by atoms with Gasteiger partial charge in [0, 0.05) is 37.7 Å². The van der Waals surface area contributed by atoms with Crippen molar-refractivity contribution in [3.63, 3.8) is 0 Å². The Balaban J connectivity index is 0.00000306. The van der Waals surface area contributed by atoms with Crippen molar-refractivity contribution >= 4 is 24.0 Å².